The van der Waals surface area contributed by atoms with Gasteiger partial charge in [-0.3, -0.25) is 4.79 Å². The van der Waals surface area contributed by atoms with Gasteiger partial charge in [-0.15, -0.1) is 0 Å². The molecule has 21 heavy (non-hydrogen) atoms. The maximum atomic E-state index is 12.0. The Morgan fingerprint density at radius 3 is 2.24 bits per heavy atom. The quantitative estimate of drug-likeness (QED) is 0.860. The zero-order valence-corrected chi connectivity index (χ0v) is 13.2. The van der Waals surface area contributed by atoms with Crippen molar-refractivity contribution >= 4 is 21.9 Å². The van der Waals surface area contributed by atoms with E-state index in [1.54, 1.807) is 49.4 Å². The molecule has 0 aliphatic heterocycles. The molecule has 2 rings (SSSR count). The summed E-state index contributed by atoms with van der Waals surface area (Å²) in [5.74, 6) is -1.03. The van der Waals surface area contributed by atoms with Crippen LogP contribution in [-0.2, 0) is 10.2 Å². The van der Waals surface area contributed by atoms with E-state index in [0.29, 0.717) is 15.6 Å². The summed E-state index contributed by atoms with van der Waals surface area (Å²) in [6.45, 7) is 1.78. The van der Waals surface area contributed by atoms with E-state index in [9.17, 15) is 15.0 Å². The molecular formula is C17H17BrO3. The van der Waals surface area contributed by atoms with Crippen LogP contribution in [0.3, 0.4) is 0 Å². The summed E-state index contributed by atoms with van der Waals surface area (Å²) in [7, 11) is 0. The molecule has 0 aliphatic carbocycles. The highest BCUT2D eigenvalue weighted by Gasteiger charge is 2.46. The number of carboxylic acids is 1. The Hall–Kier alpha value is -1.65. The van der Waals surface area contributed by atoms with Crippen LogP contribution in [0, 0.1) is 0 Å². The minimum Gasteiger partial charge on any atom is -0.480 e. The highest BCUT2D eigenvalue weighted by Crippen LogP contribution is 2.42. The summed E-state index contributed by atoms with van der Waals surface area (Å²) in [5.41, 5.74) is -0.195. The second-order valence-corrected chi connectivity index (χ2v) is 5.77. The molecule has 0 aliphatic rings. The van der Waals surface area contributed by atoms with E-state index in [0.717, 1.165) is 0 Å². The summed E-state index contributed by atoms with van der Waals surface area (Å²) < 4.78 is 0.701. The SMILES string of the molecule is CC[C@](C(=O)O)(c1ccccc1)[C@@H](O)c1ccccc1Br. The number of rotatable bonds is 5. The van der Waals surface area contributed by atoms with Crippen LogP contribution < -0.4 is 0 Å². The van der Waals surface area contributed by atoms with E-state index in [4.69, 9.17) is 0 Å². The van der Waals surface area contributed by atoms with Crippen molar-refractivity contribution in [2.24, 2.45) is 0 Å². The first kappa shape index (κ1) is 15.7. The van der Waals surface area contributed by atoms with Crippen molar-refractivity contribution in [1.29, 1.82) is 0 Å². The highest BCUT2D eigenvalue weighted by molar-refractivity contribution is 9.10. The van der Waals surface area contributed by atoms with Crippen LogP contribution in [0.1, 0.15) is 30.6 Å². The van der Waals surface area contributed by atoms with Gasteiger partial charge < -0.3 is 10.2 Å². The monoisotopic (exact) mass is 348 g/mol. The molecule has 0 radical (unpaired) electrons. The minimum absolute atomic E-state index is 0.287. The third-order valence-electron chi connectivity index (χ3n) is 3.89. The van der Waals surface area contributed by atoms with Gasteiger partial charge in [0.05, 0.1) is 0 Å². The molecule has 110 valence electrons. The molecule has 4 heteroatoms. The van der Waals surface area contributed by atoms with Crippen LogP contribution in [0.15, 0.2) is 59.1 Å². The number of aliphatic hydroxyl groups excluding tert-OH is 1. The third kappa shape index (κ3) is 2.74. The van der Waals surface area contributed by atoms with Crippen molar-refractivity contribution in [3.8, 4) is 0 Å². The first-order valence-electron chi connectivity index (χ1n) is 6.75. The van der Waals surface area contributed by atoms with Crippen molar-refractivity contribution in [3.05, 3.63) is 70.2 Å². The smallest absolute Gasteiger partial charge is 0.317 e. The Balaban J connectivity index is 2.61. The second-order valence-electron chi connectivity index (χ2n) is 4.92. The second kappa shape index (κ2) is 6.41. The first-order valence-corrected chi connectivity index (χ1v) is 7.54. The number of carbonyl (C=O) groups is 1. The Morgan fingerprint density at radius 2 is 1.71 bits per heavy atom. The Labute approximate surface area is 132 Å². The summed E-state index contributed by atoms with van der Waals surface area (Å²) in [6.07, 6.45) is -0.854. The fourth-order valence-electron chi connectivity index (χ4n) is 2.64. The summed E-state index contributed by atoms with van der Waals surface area (Å²) >= 11 is 3.39. The predicted octanol–water partition coefficient (Wildman–Crippen LogP) is 3.92. The normalized spacial score (nSPS) is 15.2. The van der Waals surface area contributed by atoms with Crippen molar-refractivity contribution in [3.63, 3.8) is 0 Å². The maximum Gasteiger partial charge on any atom is 0.317 e. The standard InChI is InChI=1S/C17H17BrO3/c1-2-17(16(20)21,12-8-4-3-5-9-12)15(19)13-10-6-7-11-14(13)18/h3-11,15,19H,2H2,1H3,(H,20,21)/t15-,17-/m0/s1. The fourth-order valence-corrected chi connectivity index (χ4v) is 3.15. The molecule has 0 bridgehead atoms. The van der Waals surface area contributed by atoms with Gasteiger partial charge in [0, 0.05) is 4.47 Å². The van der Waals surface area contributed by atoms with Crippen molar-refractivity contribution in [2.45, 2.75) is 24.9 Å². The van der Waals surface area contributed by atoms with E-state index in [2.05, 4.69) is 15.9 Å². The number of halogens is 1. The molecule has 0 heterocycles. The van der Waals surface area contributed by atoms with Gasteiger partial charge in [-0.2, -0.15) is 0 Å². The number of aliphatic hydroxyl groups is 1. The van der Waals surface area contributed by atoms with E-state index < -0.39 is 17.5 Å². The number of hydrogen-bond donors (Lipinski definition) is 2. The van der Waals surface area contributed by atoms with E-state index in [1.807, 2.05) is 12.1 Å². The number of benzene rings is 2. The molecule has 2 aromatic rings. The van der Waals surface area contributed by atoms with Crippen molar-refractivity contribution in [2.75, 3.05) is 0 Å². The number of hydrogen-bond acceptors (Lipinski definition) is 2. The Morgan fingerprint density at radius 1 is 1.14 bits per heavy atom. The van der Waals surface area contributed by atoms with Crippen LogP contribution in [0.2, 0.25) is 0 Å². The van der Waals surface area contributed by atoms with Gasteiger partial charge >= 0.3 is 5.97 Å². The maximum absolute atomic E-state index is 12.0. The number of carboxylic acid groups (broad SMARTS) is 1. The molecule has 2 atom stereocenters. The molecule has 2 N–H and O–H groups in total. The van der Waals surface area contributed by atoms with Gasteiger partial charge in [0.2, 0.25) is 0 Å². The van der Waals surface area contributed by atoms with Gasteiger partial charge in [-0.05, 0) is 23.6 Å². The first-order chi connectivity index (χ1) is 10.0. The summed E-state index contributed by atoms with van der Waals surface area (Å²) in [6, 6.07) is 16.1. The molecule has 0 aromatic heterocycles. The average molecular weight is 349 g/mol. The zero-order chi connectivity index (χ0) is 15.5. The molecule has 0 unspecified atom stereocenters. The molecule has 3 nitrogen and oxygen atoms in total. The lowest BCUT2D eigenvalue weighted by Gasteiger charge is -2.34. The van der Waals surface area contributed by atoms with Crippen LogP contribution >= 0.6 is 15.9 Å². The molecule has 2 aromatic carbocycles. The van der Waals surface area contributed by atoms with Crippen molar-refractivity contribution < 1.29 is 15.0 Å². The Kier molecular flexibility index (Phi) is 4.80. The van der Waals surface area contributed by atoms with E-state index >= 15 is 0 Å². The lowest BCUT2D eigenvalue weighted by Crippen LogP contribution is -2.41. The average Bonchev–Trinajstić information content (AvgIpc) is 2.49. The third-order valence-corrected chi connectivity index (χ3v) is 4.62. The lowest BCUT2D eigenvalue weighted by molar-refractivity contribution is -0.149. The van der Waals surface area contributed by atoms with E-state index in [-0.39, 0.29) is 6.42 Å². The van der Waals surface area contributed by atoms with Gasteiger partial charge in [0.15, 0.2) is 0 Å². The largest absolute Gasteiger partial charge is 0.480 e. The lowest BCUT2D eigenvalue weighted by atomic mass is 9.71. The van der Waals surface area contributed by atoms with Crippen molar-refractivity contribution in [1.82, 2.24) is 0 Å². The molecular weight excluding hydrogens is 332 g/mol. The molecule has 0 saturated carbocycles. The van der Waals surface area contributed by atoms with Crippen LogP contribution in [-0.4, -0.2) is 16.2 Å². The predicted molar refractivity (Wildman–Crippen MR) is 85.1 cm³/mol. The molecule has 0 amide bonds. The minimum atomic E-state index is -1.37. The highest BCUT2D eigenvalue weighted by atomic mass is 79.9. The van der Waals surface area contributed by atoms with Gasteiger partial charge in [-0.25, -0.2) is 0 Å². The number of aliphatic carboxylic acids is 1. The Bertz CT molecular complexity index is 627. The van der Waals surface area contributed by atoms with Gasteiger partial charge in [-0.1, -0.05) is 71.4 Å². The molecule has 0 fully saturated rings. The summed E-state index contributed by atoms with van der Waals surface area (Å²) in [4.78, 5) is 12.0. The van der Waals surface area contributed by atoms with Gasteiger partial charge in [0.1, 0.15) is 11.5 Å². The van der Waals surface area contributed by atoms with Crippen LogP contribution in [0.5, 0.6) is 0 Å². The fraction of sp³-hybridized carbons (Fsp3) is 0.235. The van der Waals surface area contributed by atoms with Crippen LogP contribution in [0.4, 0.5) is 0 Å². The van der Waals surface area contributed by atoms with E-state index in [1.165, 1.54) is 0 Å². The summed E-state index contributed by atoms with van der Waals surface area (Å²) in [5, 5.41) is 20.6. The molecule has 0 spiro atoms. The van der Waals surface area contributed by atoms with Gasteiger partial charge in [0.25, 0.3) is 0 Å². The van der Waals surface area contributed by atoms with Crippen LogP contribution in [0.25, 0.3) is 0 Å². The molecule has 0 saturated heterocycles. The zero-order valence-electron chi connectivity index (χ0n) is 11.7. The topological polar surface area (TPSA) is 57.5 Å².